The molecule has 0 bridgehead atoms. The lowest BCUT2D eigenvalue weighted by Crippen LogP contribution is -2.38. The van der Waals surface area contributed by atoms with E-state index in [1.165, 1.54) is 12.5 Å². The maximum absolute atomic E-state index is 13.0. The van der Waals surface area contributed by atoms with Crippen LogP contribution in [0.1, 0.15) is 35.7 Å². The van der Waals surface area contributed by atoms with Crippen LogP contribution in [-0.2, 0) is 11.3 Å². The molecule has 3 rings (SSSR count). The smallest absolute Gasteiger partial charge is 0.221 e. The van der Waals surface area contributed by atoms with Crippen molar-refractivity contribution in [2.75, 3.05) is 24.7 Å². The number of piperidine rings is 1. The van der Waals surface area contributed by atoms with Gasteiger partial charge in [-0.05, 0) is 49.4 Å². The summed E-state index contributed by atoms with van der Waals surface area (Å²) in [6, 6.07) is 15.9. The highest BCUT2D eigenvalue weighted by molar-refractivity contribution is 7.98. The predicted octanol–water partition coefficient (Wildman–Crippen LogP) is 4.46. The number of Topliss-reactive ketones (excluding diaryl/α,β-unsaturated/α-hetero) is 1. The van der Waals surface area contributed by atoms with E-state index in [-0.39, 0.29) is 17.6 Å². The van der Waals surface area contributed by atoms with E-state index >= 15 is 0 Å². The van der Waals surface area contributed by atoms with Crippen LogP contribution in [-0.4, -0.2) is 35.9 Å². The summed E-state index contributed by atoms with van der Waals surface area (Å²) in [5, 5.41) is 2.79. The van der Waals surface area contributed by atoms with E-state index in [0.717, 1.165) is 48.6 Å². The summed E-state index contributed by atoms with van der Waals surface area (Å²) in [5.74, 6) is 0.266. The number of rotatable bonds is 6. The van der Waals surface area contributed by atoms with Crippen LogP contribution in [0.4, 0.5) is 5.69 Å². The second kappa shape index (κ2) is 9.20. The molecule has 0 unspecified atom stereocenters. The van der Waals surface area contributed by atoms with Gasteiger partial charge in [0.15, 0.2) is 5.78 Å². The van der Waals surface area contributed by atoms with Gasteiger partial charge in [0.1, 0.15) is 0 Å². The first-order valence-corrected chi connectivity index (χ1v) is 10.6. The molecule has 1 amide bonds. The van der Waals surface area contributed by atoms with Crippen LogP contribution in [0.3, 0.4) is 0 Å². The molecule has 1 fully saturated rings. The number of thioether (sulfide) groups is 1. The van der Waals surface area contributed by atoms with E-state index in [1.54, 1.807) is 11.8 Å². The number of nitrogens with one attached hydrogen (secondary N) is 1. The molecule has 1 N–H and O–H groups in total. The Morgan fingerprint density at radius 1 is 1.15 bits per heavy atom. The lowest BCUT2D eigenvalue weighted by Gasteiger charge is -2.32. The van der Waals surface area contributed by atoms with E-state index in [2.05, 4.69) is 10.2 Å². The van der Waals surface area contributed by atoms with Gasteiger partial charge in [0.25, 0.3) is 0 Å². The monoisotopic (exact) mass is 382 g/mol. The third kappa shape index (κ3) is 5.21. The summed E-state index contributed by atoms with van der Waals surface area (Å²) in [6.07, 6.45) is 4.02. The van der Waals surface area contributed by atoms with Gasteiger partial charge in [-0.2, -0.15) is 0 Å². The molecule has 1 heterocycles. The summed E-state index contributed by atoms with van der Waals surface area (Å²) in [5.41, 5.74) is 2.87. The molecular weight excluding hydrogens is 356 g/mol. The Kier molecular flexibility index (Phi) is 6.69. The second-order valence-corrected chi connectivity index (χ2v) is 7.86. The van der Waals surface area contributed by atoms with Crippen LogP contribution in [0, 0.1) is 5.92 Å². The van der Waals surface area contributed by atoms with E-state index < -0.39 is 0 Å². The Hall–Kier alpha value is -2.11. The zero-order valence-corrected chi connectivity index (χ0v) is 16.7. The minimum Gasteiger partial charge on any atom is -0.326 e. The number of amides is 1. The van der Waals surface area contributed by atoms with Gasteiger partial charge in [-0.1, -0.05) is 30.3 Å². The van der Waals surface area contributed by atoms with Gasteiger partial charge in [-0.25, -0.2) is 0 Å². The molecule has 2 aromatic carbocycles. The molecule has 2 aromatic rings. The molecule has 142 valence electrons. The Morgan fingerprint density at radius 3 is 2.59 bits per heavy atom. The molecule has 4 nitrogen and oxygen atoms in total. The molecule has 1 aliphatic rings. The van der Waals surface area contributed by atoms with Gasteiger partial charge >= 0.3 is 0 Å². The Bertz CT molecular complexity index is 804. The van der Waals surface area contributed by atoms with Gasteiger partial charge in [0, 0.05) is 42.1 Å². The van der Waals surface area contributed by atoms with Crippen LogP contribution in [0.25, 0.3) is 0 Å². The fraction of sp³-hybridized carbons (Fsp3) is 0.364. The van der Waals surface area contributed by atoms with Crippen LogP contribution >= 0.6 is 11.8 Å². The quantitative estimate of drug-likeness (QED) is 0.592. The van der Waals surface area contributed by atoms with Crippen LogP contribution in [0.2, 0.25) is 0 Å². The zero-order chi connectivity index (χ0) is 19.2. The van der Waals surface area contributed by atoms with Crippen molar-refractivity contribution in [3.05, 3.63) is 59.7 Å². The van der Waals surface area contributed by atoms with Crippen molar-refractivity contribution in [1.29, 1.82) is 0 Å². The average molecular weight is 383 g/mol. The van der Waals surface area contributed by atoms with Crippen LogP contribution in [0.5, 0.6) is 0 Å². The summed E-state index contributed by atoms with van der Waals surface area (Å²) in [4.78, 5) is 27.6. The number of hydrogen-bond donors (Lipinski definition) is 1. The van der Waals surface area contributed by atoms with Crippen molar-refractivity contribution < 1.29 is 9.59 Å². The Balaban J connectivity index is 1.64. The Morgan fingerprint density at radius 2 is 1.89 bits per heavy atom. The highest BCUT2D eigenvalue weighted by Gasteiger charge is 2.27. The fourth-order valence-corrected chi connectivity index (χ4v) is 4.24. The first kappa shape index (κ1) is 19.6. The highest BCUT2D eigenvalue weighted by Crippen LogP contribution is 2.27. The molecule has 0 radical (unpaired) electrons. The van der Waals surface area contributed by atoms with Gasteiger partial charge in [-0.15, -0.1) is 11.8 Å². The first-order chi connectivity index (χ1) is 13.1. The summed E-state index contributed by atoms with van der Waals surface area (Å²) >= 11 is 1.63. The van der Waals surface area contributed by atoms with Crippen molar-refractivity contribution in [2.45, 2.75) is 31.2 Å². The number of hydrogen-bond acceptors (Lipinski definition) is 4. The highest BCUT2D eigenvalue weighted by atomic mass is 32.2. The molecule has 0 saturated carbocycles. The van der Waals surface area contributed by atoms with Crippen molar-refractivity contribution >= 4 is 29.1 Å². The maximum atomic E-state index is 13.0. The maximum Gasteiger partial charge on any atom is 0.221 e. The standard InChI is InChI=1S/C22H26N2O2S/c1-16(25)23-19-11-9-17(10-12-19)14-24-13-5-6-18(15-24)22(26)20-7-3-4-8-21(20)27-2/h3-4,7-12,18H,5-6,13-15H2,1-2H3,(H,23,25)/t18-/m1/s1. The normalized spacial score (nSPS) is 17.5. The summed E-state index contributed by atoms with van der Waals surface area (Å²) in [7, 11) is 0. The molecular formula is C22H26N2O2S. The molecule has 0 aromatic heterocycles. The lowest BCUT2D eigenvalue weighted by atomic mass is 9.89. The number of carbonyl (C=O) groups excluding carboxylic acids is 2. The summed E-state index contributed by atoms with van der Waals surface area (Å²) < 4.78 is 0. The number of ketones is 1. The molecule has 5 heteroatoms. The number of benzene rings is 2. The van der Waals surface area contributed by atoms with Crippen LogP contribution < -0.4 is 5.32 Å². The molecule has 0 spiro atoms. The van der Waals surface area contributed by atoms with Crippen molar-refractivity contribution in [3.63, 3.8) is 0 Å². The van der Waals surface area contributed by atoms with Gasteiger partial charge in [-0.3, -0.25) is 14.5 Å². The number of nitrogens with zero attached hydrogens (tertiary/aromatic N) is 1. The fourth-order valence-electron chi connectivity index (χ4n) is 3.64. The average Bonchev–Trinajstić information content (AvgIpc) is 2.69. The van der Waals surface area contributed by atoms with Gasteiger partial charge in [0.05, 0.1) is 0 Å². The second-order valence-electron chi connectivity index (χ2n) is 7.02. The summed E-state index contributed by atoms with van der Waals surface area (Å²) in [6.45, 7) is 4.15. The zero-order valence-electron chi connectivity index (χ0n) is 15.9. The van der Waals surface area contributed by atoms with Gasteiger partial charge < -0.3 is 5.32 Å². The van der Waals surface area contributed by atoms with E-state index in [1.807, 2.05) is 54.8 Å². The van der Waals surface area contributed by atoms with E-state index in [0.29, 0.717) is 0 Å². The molecule has 0 aliphatic carbocycles. The van der Waals surface area contributed by atoms with Crippen LogP contribution in [0.15, 0.2) is 53.4 Å². The predicted molar refractivity (Wildman–Crippen MR) is 111 cm³/mol. The van der Waals surface area contributed by atoms with E-state index in [9.17, 15) is 9.59 Å². The minimum absolute atomic E-state index is 0.0608. The molecule has 1 aliphatic heterocycles. The largest absolute Gasteiger partial charge is 0.326 e. The topological polar surface area (TPSA) is 49.4 Å². The van der Waals surface area contributed by atoms with E-state index in [4.69, 9.17) is 0 Å². The lowest BCUT2D eigenvalue weighted by molar-refractivity contribution is -0.114. The minimum atomic E-state index is -0.0642. The molecule has 27 heavy (non-hydrogen) atoms. The third-order valence-corrected chi connectivity index (χ3v) is 5.73. The molecule has 1 atom stereocenters. The Labute approximate surface area is 165 Å². The van der Waals surface area contributed by atoms with Crippen molar-refractivity contribution in [1.82, 2.24) is 4.90 Å². The number of carbonyl (C=O) groups is 2. The third-order valence-electron chi connectivity index (χ3n) is 4.93. The van der Waals surface area contributed by atoms with Crippen molar-refractivity contribution in [2.24, 2.45) is 5.92 Å². The number of likely N-dealkylation sites (tertiary alicyclic amines) is 1. The first-order valence-electron chi connectivity index (χ1n) is 9.33. The molecule has 1 saturated heterocycles. The SMILES string of the molecule is CSc1ccccc1C(=O)[C@@H]1CCCN(Cc2ccc(NC(C)=O)cc2)C1. The van der Waals surface area contributed by atoms with Crippen molar-refractivity contribution in [3.8, 4) is 0 Å². The van der Waals surface area contributed by atoms with Gasteiger partial charge in [0.2, 0.25) is 5.91 Å². The number of anilines is 1.